The minimum absolute atomic E-state index is 0.0935. The quantitative estimate of drug-likeness (QED) is 0.903. The summed E-state index contributed by atoms with van der Waals surface area (Å²) in [4.78, 5) is 4.00. The molecule has 0 saturated carbocycles. The van der Waals surface area contributed by atoms with Crippen LogP contribution in [-0.4, -0.2) is 12.1 Å². The number of halogens is 1. The van der Waals surface area contributed by atoms with Gasteiger partial charge < -0.3 is 10.1 Å². The number of benzene rings is 1. The molecule has 0 bridgehead atoms. The van der Waals surface area contributed by atoms with E-state index in [0.717, 1.165) is 5.56 Å². The van der Waals surface area contributed by atoms with Gasteiger partial charge in [0.05, 0.1) is 7.11 Å². The van der Waals surface area contributed by atoms with Gasteiger partial charge in [0, 0.05) is 36.1 Å². The molecule has 0 aliphatic carbocycles. The molecule has 3 nitrogen and oxygen atoms in total. The van der Waals surface area contributed by atoms with Crippen molar-refractivity contribution in [3.05, 3.63) is 59.7 Å². The number of nitrogens with zero attached hydrogens (tertiary/aromatic N) is 1. The highest BCUT2D eigenvalue weighted by Crippen LogP contribution is 2.24. The van der Waals surface area contributed by atoms with Gasteiger partial charge in [0.15, 0.2) is 0 Å². The van der Waals surface area contributed by atoms with Gasteiger partial charge in [-0.1, -0.05) is 6.07 Å². The summed E-state index contributed by atoms with van der Waals surface area (Å²) in [5.41, 5.74) is 1.76. The first-order valence-electron chi connectivity index (χ1n) is 6.61. The van der Waals surface area contributed by atoms with Crippen LogP contribution in [0.5, 0.6) is 5.75 Å². The molecule has 1 heterocycles. The second-order valence-corrected chi connectivity index (χ2v) is 4.78. The van der Waals surface area contributed by atoms with Crippen molar-refractivity contribution in [2.45, 2.75) is 25.9 Å². The molecule has 2 aromatic rings. The number of hydrogen-bond donors (Lipinski definition) is 1. The van der Waals surface area contributed by atoms with Crippen LogP contribution in [0, 0.1) is 5.82 Å². The SMILES string of the molecule is COc1ccc(C(C)NC(C)c2ccncc2)c(F)c1. The van der Waals surface area contributed by atoms with Crippen LogP contribution in [0.2, 0.25) is 0 Å². The lowest BCUT2D eigenvalue weighted by molar-refractivity contribution is 0.408. The summed E-state index contributed by atoms with van der Waals surface area (Å²) in [5, 5.41) is 3.38. The van der Waals surface area contributed by atoms with E-state index in [9.17, 15) is 4.39 Å². The predicted octanol–water partition coefficient (Wildman–Crippen LogP) is 3.64. The van der Waals surface area contributed by atoms with E-state index in [1.165, 1.54) is 13.2 Å². The second-order valence-electron chi connectivity index (χ2n) is 4.78. The van der Waals surface area contributed by atoms with Crippen molar-refractivity contribution in [1.82, 2.24) is 10.3 Å². The van der Waals surface area contributed by atoms with E-state index in [1.807, 2.05) is 26.0 Å². The summed E-state index contributed by atoms with van der Waals surface area (Å²) in [6.07, 6.45) is 3.51. The van der Waals surface area contributed by atoms with Gasteiger partial charge >= 0.3 is 0 Å². The molecule has 1 N–H and O–H groups in total. The van der Waals surface area contributed by atoms with Crippen LogP contribution in [-0.2, 0) is 0 Å². The third kappa shape index (κ3) is 3.33. The summed E-state index contributed by atoms with van der Waals surface area (Å²) in [5.74, 6) is 0.270. The molecule has 0 fully saturated rings. The first kappa shape index (κ1) is 14.5. The van der Waals surface area contributed by atoms with Gasteiger partial charge in [-0.2, -0.15) is 0 Å². The van der Waals surface area contributed by atoms with Crippen molar-refractivity contribution >= 4 is 0 Å². The van der Waals surface area contributed by atoms with E-state index in [4.69, 9.17) is 4.74 Å². The fourth-order valence-electron chi connectivity index (χ4n) is 2.20. The van der Waals surface area contributed by atoms with Gasteiger partial charge in [-0.15, -0.1) is 0 Å². The van der Waals surface area contributed by atoms with Crippen molar-refractivity contribution in [3.8, 4) is 5.75 Å². The number of pyridine rings is 1. The summed E-state index contributed by atoms with van der Waals surface area (Å²) in [6.45, 7) is 4.00. The number of rotatable bonds is 5. The second kappa shape index (κ2) is 6.48. The van der Waals surface area contributed by atoms with Gasteiger partial charge in [-0.3, -0.25) is 4.98 Å². The van der Waals surface area contributed by atoms with Crippen LogP contribution in [0.1, 0.15) is 37.1 Å². The molecular formula is C16H19FN2O. The van der Waals surface area contributed by atoms with Gasteiger partial charge in [-0.05, 0) is 37.6 Å². The van der Waals surface area contributed by atoms with Crippen molar-refractivity contribution in [1.29, 1.82) is 0 Å². The Morgan fingerprint density at radius 3 is 2.40 bits per heavy atom. The topological polar surface area (TPSA) is 34.1 Å². The van der Waals surface area contributed by atoms with Gasteiger partial charge in [0.25, 0.3) is 0 Å². The lowest BCUT2D eigenvalue weighted by atomic mass is 10.0. The van der Waals surface area contributed by atoms with E-state index in [1.54, 1.807) is 24.5 Å². The Morgan fingerprint density at radius 2 is 1.80 bits per heavy atom. The van der Waals surface area contributed by atoms with E-state index in [0.29, 0.717) is 11.3 Å². The zero-order valence-electron chi connectivity index (χ0n) is 11.9. The zero-order chi connectivity index (χ0) is 14.5. The highest BCUT2D eigenvalue weighted by Gasteiger charge is 2.15. The standard InChI is InChI=1S/C16H19FN2O/c1-11(13-6-8-18-9-7-13)19-12(2)15-5-4-14(20-3)10-16(15)17/h4-12,19H,1-3H3. The third-order valence-electron chi connectivity index (χ3n) is 3.38. The molecule has 1 aromatic heterocycles. The molecule has 0 radical (unpaired) electrons. The van der Waals surface area contributed by atoms with E-state index in [-0.39, 0.29) is 17.9 Å². The minimum Gasteiger partial charge on any atom is -0.497 e. The van der Waals surface area contributed by atoms with Crippen LogP contribution in [0.4, 0.5) is 4.39 Å². The van der Waals surface area contributed by atoms with Gasteiger partial charge in [0.2, 0.25) is 0 Å². The maximum absolute atomic E-state index is 14.0. The first-order chi connectivity index (χ1) is 9.61. The van der Waals surface area contributed by atoms with Gasteiger partial charge in [0.1, 0.15) is 11.6 Å². The van der Waals surface area contributed by atoms with Crippen LogP contribution in [0.3, 0.4) is 0 Å². The molecule has 2 atom stereocenters. The number of methoxy groups -OCH3 is 1. The molecule has 0 spiro atoms. The Hall–Kier alpha value is -1.94. The Labute approximate surface area is 118 Å². The molecule has 2 unspecified atom stereocenters. The third-order valence-corrected chi connectivity index (χ3v) is 3.38. The minimum atomic E-state index is -0.258. The lowest BCUT2D eigenvalue weighted by Crippen LogP contribution is -2.23. The summed E-state index contributed by atoms with van der Waals surface area (Å²) in [6, 6.07) is 8.87. The fourth-order valence-corrected chi connectivity index (χ4v) is 2.20. The Morgan fingerprint density at radius 1 is 1.10 bits per heavy atom. The predicted molar refractivity (Wildman–Crippen MR) is 77.2 cm³/mol. The highest BCUT2D eigenvalue weighted by atomic mass is 19.1. The van der Waals surface area contributed by atoms with Crippen LogP contribution < -0.4 is 10.1 Å². The molecule has 4 heteroatoms. The lowest BCUT2D eigenvalue weighted by Gasteiger charge is -2.21. The van der Waals surface area contributed by atoms with Crippen LogP contribution >= 0.6 is 0 Å². The monoisotopic (exact) mass is 274 g/mol. The highest BCUT2D eigenvalue weighted by molar-refractivity contribution is 5.31. The van der Waals surface area contributed by atoms with E-state index >= 15 is 0 Å². The number of ether oxygens (including phenoxy) is 1. The molecule has 2 rings (SSSR count). The zero-order valence-corrected chi connectivity index (χ0v) is 11.9. The van der Waals surface area contributed by atoms with Gasteiger partial charge in [-0.25, -0.2) is 4.39 Å². The average Bonchev–Trinajstić information content (AvgIpc) is 2.47. The Balaban J connectivity index is 2.10. The smallest absolute Gasteiger partial charge is 0.131 e. The first-order valence-corrected chi connectivity index (χ1v) is 6.61. The normalized spacial score (nSPS) is 13.8. The molecular weight excluding hydrogens is 255 g/mol. The van der Waals surface area contributed by atoms with E-state index in [2.05, 4.69) is 10.3 Å². The average molecular weight is 274 g/mol. The number of nitrogens with one attached hydrogen (secondary N) is 1. The fraction of sp³-hybridized carbons (Fsp3) is 0.312. The Kier molecular flexibility index (Phi) is 4.69. The molecule has 20 heavy (non-hydrogen) atoms. The molecule has 0 saturated heterocycles. The molecule has 0 amide bonds. The van der Waals surface area contributed by atoms with Crippen molar-refractivity contribution in [2.24, 2.45) is 0 Å². The maximum Gasteiger partial charge on any atom is 0.131 e. The summed E-state index contributed by atoms with van der Waals surface area (Å²) in [7, 11) is 1.53. The number of aromatic nitrogens is 1. The van der Waals surface area contributed by atoms with E-state index < -0.39 is 0 Å². The Bertz CT molecular complexity index is 560. The van der Waals surface area contributed by atoms with Crippen molar-refractivity contribution < 1.29 is 9.13 Å². The van der Waals surface area contributed by atoms with Crippen LogP contribution in [0.25, 0.3) is 0 Å². The summed E-state index contributed by atoms with van der Waals surface area (Å²) < 4.78 is 19.0. The molecule has 1 aromatic carbocycles. The largest absolute Gasteiger partial charge is 0.497 e. The van der Waals surface area contributed by atoms with Crippen molar-refractivity contribution in [2.75, 3.05) is 7.11 Å². The number of hydrogen-bond acceptors (Lipinski definition) is 3. The molecule has 0 aliphatic heterocycles. The maximum atomic E-state index is 14.0. The molecule has 106 valence electrons. The summed E-state index contributed by atoms with van der Waals surface area (Å²) >= 11 is 0. The van der Waals surface area contributed by atoms with Crippen molar-refractivity contribution in [3.63, 3.8) is 0 Å². The van der Waals surface area contributed by atoms with Crippen LogP contribution in [0.15, 0.2) is 42.7 Å². The molecule has 0 aliphatic rings.